The first-order valence-electron chi connectivity index (χ1n) is 3.65. The number of sulfone groups is 1. The van der Waals surface area contributed by atoms with Crippen molar-refractivity contribution in [1.29, 1.82) is 0 Å². The number of nitrogens with two attached hydrogens (primary N) is 1. The number of nitrogens with zero attached hydrogens (tertiary/aromatic N) is 4. The van der Waals surface area contributed by atoms with Gasteiger partial charge in [0.05, 0.1) is 11.9 Å². The van der Waals surface area contributed by atoms with Crippen molar-refractivity contribution in [2.75, 3.05) is 12.0 Å². The molecule has 0 unspecified atom stereocenters. The highest BCUT2D eigenvalue weighted by atomic mass is 32.2. The predicted octanol–water partition coefficient (Wildman–Crippen LogP) is -0.890. The van der Waals surface area contributed by atoms with Gasteiger partial charge in [0.25, 0.3) is 10.9 Å². The highest BCUT2D eigenvalue weighted by molar-refractivity contribution is 7.90. The van der Waals surface area contributed by atoms with Crippen LogP contribution in [0.4, 0.5) is 5.69 Å². The Morgan fingerprint density at radius 3 is 2.79 bits per heavy atom. The van der Waals surface area contributed by atoms with Gasteiger partial charge >= 0.3 is 0 Å². The minimum atomic E-state index is -3.41. The average molecular weight is 213 g/mol. The van der Waals surface area contributed by atoms with E-state index in [1.807, 2.05) is 0 Å². The zero-order valence-electron chi connectivity index (χ0n) is 7.25. The molecule has 2 rings (SSSR count). The van der Waals surface area contributed by atoms with Gasteiger partial charge in [-0.25, -0.2) is 13.4 Å². The lowest BCUT2D eigenvalue weighted by Crippen LogP contribution is -2.04. The molecule has 0 amide bonds. The van der Waals surface area contributed by atoms with Crippen molar-refractivity contribution in [1.82, 2.24) is 19.6 Å². The molecule has 8 heteroatoms. The van der Waals surface area contributed by atoms with E-state index in [0.717, 1.165) is 6.26 Å². The fourth-order valence-corrected chi connectivity index (χ4v) is 1.72. The summed E-state index contributed by atoms with van der Waals surface area (Å²) in [5, 5.41) is 6.95. The molecule has 7 nitrogen and oxygen atoms in total. The van der Waals surface area contributed by atoms with E-state index < -0.39 is 9.84 Å². The van der Waals surface area contributed by atoms with Gasteiger partial charge in [-0.05, 0) is 0 Å². The van der Waals surface area contributed by atoms with Crippen molar-refractivity contribution in [3.63, 3.8) is 0 Å². The predicted molar refractivity (Wildman–Crippen MR) is 48.3 cm³/mol. The Hall–Kier alpha value is -1.70. The number of hydrogen-bond acceptors (Lipinski definition) is 6. The summed E-state index contributed by atoms with van der Waals surface area (Å²) in [6.45, 7) is 0. The van der Waals surface area contributed by atoms with Crippen molar-refractivity contribution in [2.45, 2.75) is 5.16 Å². The molecule has 0 fully saturated rings. The van der Waals surface area contributed by atoms with Gasteiger partial charge in [-0.15, -0.1) is 10.2 Å². The first kappa shape index (κ1) is 8.88. The molecule has 0 spiro atoms. The molecule has 0 aliphatic carbocycles. The Balaban J connectivity index is 2.87. The van der Waals surface area contributed by atoms with E-state index in [9.17, 15) is 8.42 Å². The van der Waals surface area contributed by atoms with Crippen LogP contribution in [-0.2, 0) is 9.84 Å². The standard InChI is InChI=1S/C6H7N5O2S/c1-14(12,13)6-10-9-5-8-2-4(7)3-11(5)6/h2-3H,7H2,1H3. The number of fused-ring (bicyclic) bond motifs is 1. The van der Waals surface area contributed by atoms with Gasteiger partial charge in [0.15, 0.2) is 0 Å². The summed E-state index contributed by atoms with van der Waals surface area (Å²) in [6.07, 6.45) is 3.85. The molecular formula is C6H7N5O2S. The maximum atomic E-state index is 11.2. The number of anilines is 1. The van der Waals surface area contributed by atoms with Crippen LogP contribution in [0.1, 0.15) is 0 Å². The maximum Gasteiger partial charge on any atom is 0.255 e. The number of hydrogen-bond donors (Lipinski definition) is 1. The van der Waals surface area contributed by atoms with E-state index in [1.54, 1.807) is 0 Å². The lowest BCUT2D eigenvalue weighted by Gasteiger charge is -1.96. The first-order valence-corrected chi connectivity index (χ1v) is 5.54. The van der Waals surface area contributed by atoms with Gasteiger partial charge < -0.3 is 5.73 Å². The molecule has 0 aromatic carbocycles. The van der Waals surface area contributed by atoms with Crippen LogP contribution < -0.4 is 5.73 Å². The van der Waals surface area contributed by atoms with Crippen LogP contribution in [0.25, 0.3) is 5.78 Å². The summed E-state index contributed by atoms with van der Waals surface area (Å²) in [7, 11) is -3.41. The van der Waals surface area contributed by atoms with Gasteiger partial charge in [-0.1, -0.05) is 0 Å². The third kappa shape index (κ3) is 1.29. The molecule has 2 aromatic rings. The molecule has 0 atom stereocenters. The summed E-state index contributed by atoms with van der Waals surface area (Å²) in [5.41, 5.74) is 5.81. The molecule has 2 heterocycles. The van der Waals surface area contributed by atoms with E-state index in [-0.39, 0.29) is 10.9 Å². The molecule has 0 radical (unpaired) electrons. The Labute approximate surface area is 79.5 Å². The maximum absolute atomic E-state index is 11.2. The third-order valence-electron chi connectivity index (χ3n) is 1.59. The zero-order valence-corrected chi connectivity index (χ0v) is 8.06. The van der Waals surface area contributed by atoms with Gasteiger partial charge in [-0.3, -0.25) is 4.40 Å². The van der Waals surface area contributed by atoms with Crippen LogP contribution in [-0.4, -0.2) is 34.3 Å². The van der Waals surface area contributed by atoms with Crippen LogP contribution in [0.5, 0.6) is 0 Å². The molecule has 0 saturated carbocycles. The highest BCUT2D eigenvalue weighted by Gasteiger charge is 2.16. The van der Waals surface area contributed by atoms with Gasteiger partial charge in [-0.2, -0.15) is 0 Å². The Kier molecular flexibility index (Phi) is 1.68. The van der Waals surface area contributed by atoms with Crippen molar-refractivity contribution in [2.24, 2.45) is 0 Å². The molecule has 2 aromatic heterocycles. The van der Waals surface area contributed by atoms with E-state index in [1.165, 1.54) is 16.8 Å². The zero-order chi connectivity index (χ0) is 10.3. The molecular weight excluding hydrogens is 206 g/mol. The van der Waals surface area contributed by atoms with E-state index in [2.05, 4.69) is 15.2 Å². The second-order valence-electron chi connectivity index (χ2n) is 2.81. The summed E-state index contributed by atoms with van der Waals surface area (Å²) >= 11 is 0. The SMILES string of the molecule is CS(=O)(=O)c1nnc2ncc(N)cn12. The normalized spacial score (nSPS) is 12.1. The monoisotopic (exact) mass is 213 g/mol. The minimum Gasteiger partial charge on any atom is -0.396 e. The van der Waals surface area contributed by atoms with E-state index in [0.29, 0.717) is 5.69 Å². The number of nitrogen functional groups attached to an aromatic ring is 1. The fraction of sp³-hybridized carbons (Fsp3) is 0.167. The van der Waals surface area contributed by atoms with Crippen LogP contribution >= 0.6 is 0 Å². The van der Waals surface area contributed by atoms with Crippen LogP contribution in [0.15, 0.2) is 17.6 Å². The molecule has 14 heavy (non-hydrogen) atoms. The molecule has 0 saturated heterocycles. The van der Waals surface area contributed by atoms with Crippen molar-refractivity contribution < 1.29 is 8.42 Å². The summed E-state index contributed by atoms with van der Waals surface area (Å²) in [4.78, 5) is 3.81. The Morgan fingerprint density at radius 2 is 2.14 bits per heavy atom. The fourth-order valence-electron chi connectivity index (χ4n) is 1.04. The Morgan fingerprint density at radius 1 is 1.43 bits per heavy atom. The van der Waals surface area contributed by atoms with Crippen LogP contribution in [0, 0.1) is 0 Å². The smallest absolute Gasteiger partial charge is 0.255 e. The minimum absolute atomic E-state index is 0.160. The lowest BCUT2D eigenvalue weighted by atomic mass is 10.6. The number of aromatic nitrogens is 4. The number of rotatable bonds is 1. The van der Waals surface area contributed by atoms with Gasteiger partial charge in [0.2, 0.25) is 9.84 Å². The largest absolute Gasteiger partial charge is 0.396 e. The van der Waals surface area contributed by atoms with Crippen molar-refractivity contribution in [3.05, 3.63) is 12.4 Å². The van der Waals surface area contributed by atoms with E-state index in [4.69, 9.17) is 5.73 Å². The molecule has 0 aliphatic rings. The highest BCUT2D eigenvalue weighted by Crippen LogP contribution is 2.09. The van der Waals surface area contributed by atoms with Crippen LogP contribution in [0.3, 0.4) is 0 Å². The molecule has 74 valence electrons. The lowest BCUT2D eigenvalue weighted by molar-refractivity contribution is 0.591. The Bertz CT molecular complexity index is 587. The quantitative estimate of drug-likeness (QED) is 0.659. The van der Waals surface area contributed by atoms with Crippen molar-refractivity contribution in [3.8, 4) is 0 Å². The van der Waals surface area contributed by atoms with Gasteiger partial charge in [0, 0.05) is 12.5 Å². The van der Waals surface area contributed by atoms with Crippen molar-refractivity contribution >= 4 is 21.3 Å². The second-order valence-corrected chi connectivity index (χ2v) is 4.72. The summed E-state index contributed by atoms with van der Waals surface area (Å²) in [6, 6.07) is 0. The molecule has 2 N–H and O–H groups in total. The topological polar surface area (TPSA) is 103 Å². The summed E-state index contributed by atoms with van der Waals surface area (Å²) in [5.74, 6) is 0.208. The van der Waals surface area contributed by atoms with E-state index >= 15 is 0 Å². The first-order chi connectivity index (χ1) is 6.48. The molecule has 0 aliphatic heterocycles. The van der Waals surface area contributed by atoms with Crippen LogP contribution in [0.2, 0.25) is 0 Å². The van der Waals surface area contributed by atoms with Gasteiger partial charge in [0.1, 0.15) is 0 Å². The second kappa shape index (κ2) is 2.64. The third-order valence-corrected chi connectivity index (χ3v) is 2.53. The summed E-state index contributed by atoms with van der Waals surface area (Å²) < 4.78 is 23.7. The molecule has 0 bridgehead atoms. The average Bonchev–Trinajstić information content (AvgIpc) is 2.45.